The van der Waals surface area contributed by atoms with E-state index in [1.54, 1.807) is 48.5 Å². The molecule has 0 aliphatic heterocycles. The van der Waals surface area contributed by atoms with Gasteiger partial charge in [0.05, 0.1) is 17.6 Å². The highest BCUT2D eigenvalue weighted by molar-refractivity contribution is 7.90. The summed E-state index contributed by atoms with van der Waals surface area (Å²) in [5.74, 6) is 1.09. The summed E-state index contributed by atoms with van der Waals surface area (Å²) in [7, 11) is -3.58. The molecular weight excluding hydrogens is 388 g/mol. The van der Waals surface area contributed by atoms with Gasteiger partial charge in [-0.2, -0.15) is 0 Å². The summed E-state index contributed by atoms with van der Waals surface area (Å²) in [4.78, 5) is 17.0. The van der Waals surface area contributed by atoms with Crippen LogP contribution in [0.25, 0.3) is 11.0 Å². The minimum atomic E-state index is -3.58. The Bertz CT molecular complexity index is 1280. The van der Waals surface area contributed by atoms with E-state index in [0.29, 0.717) is 28.1 Å². The Hall–Kier alpha value is -3.45. The lowest BCUT2D eigenvalue weighted by atomic mass is 10.1. The normalized spacial score (nSPS) is 11.5. The lowest BCUT2D eigenvalue weighted by Gasteiger charge is -2.09. The molecule has 0 spiro atoms. The topological polar surface area (TPSA) is 78.3 Å². The highest BCUT2D eigenvalue weighted by atomic mass is 32.2. The van der Waals surface area contributed by atoms with Crippen molar-refractivity contribution < 1.29 is 17.9 Å². The Morgan fingerprint density at radius 2 is 1.52 bits per heavy atom. The number of hydrogen-bond donors (Lipinski definition) is 0. The van der Waals surface area contributed by atoms with Crippen molar-refractivity contribution >= 4 is 26.7 Å². The highest BCUT2D eigenvalue weighted by Crippen LogP contribution is 2.23. The van der Waals surface area contributed by atoms with Gasteiger partial charge < -0.3 is 9.30 Å². The van der Waals surface area contributed by atoms with E-state index in [-0.39, 0.29) is 17.5 Å². The number of carbonyl (C=O) groups is 1. The van der Waals surface area contributed by atoms with Crippen LogP contribution in [0.4, 0.5) is 0 Å². The Balaban J connectivity index is 1.60. The first-order valence-electron chi connectivity index (χ1n) is 8.93. The molecule has 0 fully saturated rings. The fourth-order valence-electron chi connectivity index (χ4n) is 3.06. The van der Waals surface area contributed by atoms with Gasteiger partial charge in [-0.15, -0.1) is 0 Å². The molecule has 4 rings (SSSR count). The maximum Gasteiger partial charge on any atom is 0.228 e. The third kappa shape index (κ3) is 4.05. The molecule has 29 heavy (non-hydrogen) atoms. The molecular formula is C22H18N2O4S. The van der Waals surface area contributed by atoms with Crippen LogP contribution in [0.2, 0.25) is 0 Å². The summed E-state index contributed by atoms with van der Waals surface area (Å²) in [5.41, 5.74) is 1.60. The van der Waals surface area contributed by atoms with Crippen molar-refractivity contribution in [2.24, 2.45) is 0 Å². The molecule has 0 N–H and O–H groups in total. The first-order chi connectivity index (χ1) is 13.9. The van der Waals surface area contributed by atoms with Crippen LogP contribution >= 0.6 is 0 Å². The molecule has 0 aliphatic carbocycles. The molecule has 0 saturated carbocycles. The molecule has 0 saturated heterocycles. The summed E-state index contributed by atoms with van der Waals surface area (Å²) >= 11 is 0. The standard InChI is InChI=1S/C22H18N2O4S/c1-29(26,27)22-23-19-9-5-6-10-20(19)24(22)15-21(25)16-11-13-18(14-12-16)28-17-7-3-2-4-8-17/h2-14H,15H2,1H3. The zero-order valence-corrected chi connectivity index (χ0v) is 16.5. The van der Waals surface area contributed by atoms with Crippen molar-refractivity contribution in [3.8, 4) is 11.5 Å². The number of hydrogen-bond acceptors (Lipinski definition) is 5. The number of sulfone groups is 1. The molecule has 4 aromatic rings. The number of nitrogens with zero attached hydrogens (tertiary/aromatic N) is 2. The van der Waals surface area contributed by atoms with Gasteiger partial charge in [0.1, 0.15) is 11.5 Å². The fraction of sp³-hybridized carbons (Fsp3) is 0.0909. The Morgan fingerprint density at radius 1 is 0.897 bits per heavy atom. The SMILES string of the molecule is CS(=O)(=O)c1nc2ccccc2n1CC(=O)c1ccc(Oc2ccccc2)cc1. The van der Waals surface area contributed by atoms with Crippen LogP contribution in [0.5, 0.6) is 11.5 Å². The van der Waals surface area contributed by atoms with Gasteiger partial charge in [0, 0.05) is 11.8 Å². The Kier molecular flexibility index (Phi) is 4.90. The van der Waals surface area contributed by atoms with Gasteiger partial charge in [-0.05, 0) is 48.5 Å². The summed E-state index contributed by atoms with van der Waals surface area (Å²) in [6, 6.07) is 23.1. The number of imidazole rings is 1. The van der Waals surface area contributed by atoms with Crippen LogP contribution in [-0.2, 0) is 16.4 Å². The Labute approximate surface area is 168 Å². The number of carbonyl (C=O) groups excluding carboxylic acids is 1. The third-order valence-electron chi connectivity index (χ3n) is 4.41. The monoisotopic (exact) mass is 406 g/mol. The van der Waals surface area contributed by atoms with Gasteiger partial charge in [0.2, 0.25) is 15.0 Å². The van der Waals surface area contributed by atoms with Crippen LogP contribution < -0.4 is 4.74 Å². The van der Waals surface area contributed by atoms with Crippen molar-refractivity contribution in [1.29, 1.82) is 0 Å². The molecule has 0 amide bonds. The first-order valence-corrected chi connectivity index (χ1v) is 10.8. The van der Waals surface area contributed by atoms with Crippen molar-refractivity contribution in [3.05, 3.63) is 84.4 Å². The predicted molar refractivity (Wildman–Crippen MR) is 110 cm³/mol. The van der Waals surface area contributed by atoms with E-state index in [4.69, 9.17) is 4.74 Å². The van der Waals surface area contributed by atoms with Crippen molar-refractivity contribution in [2.75, 3.05) is 6.26 Å². The molecule has 0 unspecified atom stereocenters. The second kappa shape index (κ2) is 7.52. The molecule has 0 aliphatic rings. The number of fused-ring (bicyclic) bond motifs is 1. The van der Waals surface area contributed by atoms with Crippen molar-refractivity contribution in [1.82, 2.24) is 9.55 Å². The number of benzene rings is 3. The van der Waals surface area contributed by atoms with Gasteiger partial charge in [-0.3, -0.25) is 4.79 Å². The van der Waals surface area contributed by atoms with Crippen LogP contribution in [0.15, 0.2) is 84.0 Å². The minimum absolute atomic E-state index is 0.115. The fourth-order valence-corrected chi connectivity index (χ4v) is 3.89. The highest BCUT2D eigenvalue weighted by Gasteiger charge is 2.21. The van der Waals surface area contributed by atoms with E-state index in [2.05, 4.69) is 4.98 Å². The molecule has 0 bridgehead atoms. The molecule has 1 aromatic heterocycles. The van der Waals surface area contributed by atoms with Crippen LogP contribution in [-0.4, -0.2) is 30.0 Å². The Morgan fingerprint density at radius 3 is 2.21 bits per heavy atom. The third-order valence-corrected chi connectivity index (χ3v) is 5.38. The molecule has 3 aromatic carbocycles. The summed E-state index contributed by atoms with van der Waals surface area (Å²) in [6.45, 7) is -0.123. The number of Topliss-reactive ketones (excluding diaryl/α,β-unsaturated/α-hetero) is 1. The van der Waals surface area contributed by atoms with Crippen LogP contribution in [0.3, 0.4) is 0 Å². The number of rotatable bonds is 6. The maximum atomic E-state index is 12.8. The molecule has 0 radical (unpaired) electrons. The zero-order chi connectivity index (χ0) is 20.4. The van der Waals surface area contributed by atoms with Crippen LogP contribution in [0, 0.1) is 0 Å². The summed E-state index contributed by atoms with van der Waals surface area (Å²) < 4.78 is 31.5. The number of aromatic nitrogens is 2. The molecule has 7 heteroatoms. The molecule has 0 atom stereocenters. The summed E-state index contributed by atoms with van der Waals surface area (Å²) in [5, 5.41) is -0.115. The largest absolute Gasteiger partial charge is 0.457 e. The number of ketones is 1. The van der Waals surface area contributed by atoms with Gasteiger partial charge in [-0.25, -0.2) is 13.4 Å². The second-order valence-corrected chi connectivity index (χ2v) is 8.51. The first kappa shape index (κ1) is 18.9. The van der Waals surface area contributed by atoms with E-state index >= 15 is 0 Å². The quantitative estimate of drug-likeness (QED) is 0.450. The lowest BCUT2D eigenvalue weighted by Crippen LogP contribution is -2.15. The summed E-state index contributed by atoms with van der Waals surface area (Å²) in [6.07, 6.45) is 1.09. The zero-order valence-electron chi connectivity index (χ0n) is 15.6. The predicted octanol–water partition coefficient (Wildman–Crippen LogP) is 4.12. The van der Waals surface area contributed by atoms with Gasteiger partial charge in [0.15, 0.2) is 5.78 Å². The van der Waals surface area contributed by atoms with Gasteiger partial charge in [0.25, 0.3) is 0 Å². The van der Waals surface area contributed by atoms with Gasteiger partial charge in [-0.1, -0.05) is 30.3 Å². The lowest BCUT2D eigenvalue weighted by molar-refractivity contribution is 0.0970. The van der Waals surface area contributed by atoms with E-state index in [0.717, 1.165) is 6.26 Å². The number of ether oxygens (including phenoxy) is 1. The van der Waals surface area contributed by atoms with Crippen LogP contribution in [0.1, 0.15) is 10.4 Å². The smallest absolute Gasteiger partial charge is 0.228 e. The van der Waals surface area contributed by atoms with Crippen molar-refractivity contribution in [3.63, 3.8) is 0 Å². The average Bonchev–Trinajstić information content (AvgIpc) is 3.08. The molecule has 6 nitrogen and oxygen atoms in total. The molecule has 1 heterocycles. The van der Waals surface area contributed by atoms with Gasteiger partial charge >= 0.3 is 0 Å². The van der Waals surface area contributed by atoms with E-state index < -0.39 is 9.84 Å². The second-order valence-electron chi connectivity index (χ2n) is 6.60. The van der Waals surface area contributed by atoms with Crippen molar-refractivity contribution in [2.45, 2.75) is 11.7 Å². The minimum Gasteiger partial charge on any atom is -0.457 e. The van der Waals surface area contributed by atoms with E-state index in [1.807, 2.05) is 30.3 Å². The number of para-hydroxylation sites is 3. The maximum absolute atomic E-state index is 12.8. The average molecular weight is 406 g/mol. The molecule has 146 valence electrons. The van der Waals surface area contributed by atoms with E-state index in [1.165, 1.54) is 4.57 Å². The van der Waals surface area contributed by atoms with E-state index in [9.17, 15) is 13.2 Å².